The molecule has 0 saturated heterocycles. The monoisotopic (exact) mass is 267 g/mol. The minimum atomic E-state index is 0.238. The maximum atomic E-state index is 8.79. The van der Waals surface area contributed by atoms with Gasteiger partial charge in [-0.05, 0) is 37.4 Å². The lowest BCUT2D eigenvalue weighted by Crippen LogP contribution is -2.25. The number of benzene rings is 1. The van der Waals surface area contributed by atoms with Crippen LogP contribution >= 0.6 is 11.6 Å². The molecule has 18 heavy (non-hydrogen) atoms. The van der Waals surface area contributed by atoms with Gasteiger partial charge in [-0.1, -0.05) is 18.2 Å². The average molecular weight is 268 g/mol. The molecule has 4 heteroatoms. The normalized spacial score (nSPS) is 13.1. The fourth-order valence-electron chi connectivity index (χ4n) is 2.01. The topological polar surface area (TPSA) is 45.4 Å². The fraction of sp³-hybridized carbons (Fsp3) is 0.429. The zero-order chi connectivity index (χ0) is 13.0. The minimum absolute atomic E-state index is 0.238. The first-order chi connectivity index (χ1) is 8.72. The van der Waals surface area contributed by atoms with Gasteiger partial charge in [0.05, 0.1) is 0 Å². The first kappa shape index (κ1) is 13.4. The van der Waals surface area contributed by atoms with E-state index in [1.165, 1.54) is 0 Å². The highest BCUT2D eigenvalue weighted by Gasteiger charge is 2.12. The van der Waals surface area contributed by atoms with E-state index < -0.39 is 0 Å². The zero-order valence-electron chi connectivity index (χ0n) is 10.4. The Bertz CT molecular complexity index is 509. The van der Waals surface area contributed by atoms with E-state index in [0.29, 0.717) is 17.8 Å². The Morgan fingerprint density at radius 2 is 2.17 bits per heavy atom. The lowest BCUT2D eigenvalue weighted by Gasteiger charge is -2.12. The van der Waals surface area contributed by atoms with Crippen LogP contribution in [0.5, 0.6) is 0 Å². The summed E-state index contributed by atoms with van der Waals surface area (Å²) in [6.07, 6.45) is 1.76. The second kappa shape index (κ2) is 6.23. The van der Waals surface area contributed by atoms with Crippen molar-refractivity contribution in [3.8, 4) is 0 Å². The van der Waals surface area contributed by atoms with Crippen molar-refractivity contribution < 1.29 is 9.52 Å². The molecule has 2 aromatic rings. The number of aliphatic hydroxyl groups is 1. The summed E-state index contributed by atoms with van der Waals surface area (Å²) in [6.45, 7) is 3.02. The van der Waals surface area contributed by atoms with Crippen LogP contribution < -0.4 is 5.32 Å². The van der Waals surface area contributed by atoms with Crippen molar-refractivity contribution in [2.45, 2.75) is 32.4 Å². The van der Waals surface area contributed by atoms with Gasteiger partial charge >= 0.3 is 0 Å². The molecular formula is C14H18ClNO2. The van der Waals surface area contributed by atoms with E-state index in [1.54, 1.807) is 0 Å². The summed E-state index contributed by atoms with van der Waals surface area (Å²) in [4.78, 5) is 0. The molecule has 0 aliphatic heterocycles. The van der Waals surface area contributed by atoms with Gasteiger partial charge in [-0.2, -0.15) is 0 Å². The molecule has 1 unspecified atom stereocenters. The van der Waals surface area contributed by atoms with Gasteiger partial charge in [0.15, 0.2) is 5.22 Å². The molecule has 0 aliphatic rings. The van der Waals surface area contributed by atoms with Gasteiger partial charge in [-0.15, -0.1) is 0 Å². The highest BCUT2D eigenvalue weighted by molar-refractivity contribution is 6.30. The molecule has 3 nitrogen and oxygen atoms in total. The Kier molecular flexibility index (Phi) is 4.64. The molecule has 0 fully saturated rings. The van der Waals surface area contributed by atoms with Gasteiger partial charge in [-0.3, -0.25) is 0 Å². The maximum absolute atomic E-state index is 8.79. The van der Waals surface area contributed by atoms with Crippen LogP contribution in [0.15, 0.2) is 28.7 Å². The number of furan rings is 1. The standard InChI is InChI=1S/C14H18ClNO2/c1-10(5-4-8-17)16-9-12-11-6-2-3-7-13(11)18-14(12)15/h2-3,6-7,10,16-17H,4-5,8-9H2,1H3. The summed E-state index contributed by atoms with van der Waals surface area (Å²) in [5, 5.41) is 13.7. The Labute approximate surface area is 112 Å². The molecule has 98 valence electrons. The van der Waals surface area contributed by atoms with Gasteiger partial charge < -0.3 is 14.8 Å². The van der Waals surface area contributed by atoms with Crippen LogP contribution in [0.25, 0.3) is 11.0 Å². The zero-order valence-corrected chi connectivity index (χ0v) is 11.2. The van der Waals surface area contributed by atoms with E-state index in [-0.39, 0.29) is 6.61 Å². The first-order valence-corrected chi connectivity index (χ1v) is 6.60. The van der Waals surface area contributed by atoms with E-state index in [4.69, 9.17) is 21.1 Å². The van der Waals surface area contributed by atoms with Crippen molar-refractivity contribution in [1.82, 2.24) is 5.32 Å². The van der Waals surface area contributed by atoms with Crippen LogP contribution in [-0.4, -0.2) is 17.8 Å². The minimum Gasteiger partial charge on any atom is -0.444 e. The van der Waals surface area contributed by atoms with E-state index in [0.717, 1.165) is 29.4 Å². The summed E-state index contributed by atoms with van der Waals surface area (Å²) in [5.74, 6) is 0. The van der Waals surface area contributed by atoms with E-state index in [9.17, 15) is 0 Å². The molecule has 1 heterocycles. The lowest BCUT2D eigenvalue weighted by atomic mass is 10.1. The number of fused-ring (bicyclic) bond motifs is 1. The molecule has 2 rings (SSSR count). The van der Waals surface area contributed by atoms with Crippen LogP contribution in [-0.2, 0) is 6.54 Å². The van der Waals surface area contributed by atoms with E-state index in [1.807, 2.05) is 24.3 Å². The SMILES string of the molecule is CC(CCCO)NCc1c(Cl)oc2ccccc12. The van der Waals surface area contributed by atoms with Crippen LogP contribution in [0.2, 0.25) is 5.22 Å². The van der Waals surface area contributed by atoms with Gasteiger partial charge in [0.1, 0.15) is 5.58 Å². The van der Waals surface area contributed by atoms with Crippen LogP contribution in [0.3, 0.4) is 0 Å². The third kappa shape index (κ3) is 3.05. The van der Waals surface area contributed by atoms with Crippen LogP contribution in [0.1, 0.15) is 25.3 Å². The van der Waals surface area contributed by atoms with E-state index in [2.05, 4.69) is 12.2 Å². The molecule has 2 N–H and O–H groups in total. The number of rotatable bonds is 6. The number of para-hydroxylation sites is 1. The molecule has 0 bridgehead atoms. The summed E-state index contributed by atoms with van der Waals surface area (Å²) < 4.78 is 5.50. The molecule has 1 atom stereocenters. The smallest absolute Gasteiger partial charge is 0.199 e. The highest BCUT2D eigenvalue weighted by Crippen LogP contribution is 2.29. The van der Waals surface area contributed by atoms with Crippen molar-refractivity contribution in [3.63, 3.8) is 0 Å². The highest BCUT2D eigenvalue weighted by atomic mass is 35.5. The van der Waals surface area contributed by atoms with Crippen molar-refractivity contribution >= 4 is 22.6 Å². The molecule has 1 aromatic heterocycles. The Balaban J connectivity index is 2.05. The van der Waals surface area contributed by atoms with Crippen molar-refractivity contribution in [3.05, 3.63) is 35.0 Å². The summed E-state index contributed by atoms with van der Waals surface area (Å²) >= 11 is 6.11. The summed E-state index contributed by atoms with van der Waals surface area (Å²) in [7, 11) is 0. The number of nitrogens with one attached hydrogen (secondary N) is 1. The number of hydrogen-bond acceptors (Lipinski definition) is 3. The Morgan fingerprint density at radius 3 is 2.94 bits per heavy atom. The number of aliphatic hydroxyl groups excluding tert-OH is 1. The molecule has 0 amide bonds. The summed E-state index contributed by atoms with van der Waals surface area (Å²) in [6, 6.07) is 8.19. The molecule has 0 saturated carbocycles. The van der Waals surface area contributed by atoms with Crippen molar-refractivity contribution in [2.75, 3.05) is 6.61 Å². The quantitative estimate of drug-likeness (QED) is 0.844. The largest absolute Gasteiger partial charge is 0.444 e. The third-order valence-corrected chi connectivity index (χ3v) is 3.38. The Hall–Kier alpha value is -1.03. The second-order valence-electron chi connectivity index (χ2n) is 4.50. The van der Waals surface area contributed by atoms with Crippen LogP contribution in [0, 0.1) is 0 Å². The number of hydrogen-bond donors (Lipinski definition) is 2. The molecular weight excluding hydrogens is 250 g/mol. The molecule has 1 aromatic carbocycles. The third-order valence-electron chi connectivity index (χ3n) is 3.07. The predicted octanol–water partition coefficient (Wildman–Crippen LogP) is 3.34. The molecule has 0 aliphatic carbocycles. The summed E-state index contributed by atoms with van der Waals surface area (Å²) in [5.41, 5.74) is 1.82. The van der Waals surface area contributed by atoms with Gasteiger partial charge in [0.25, 0.3) is 0 Å². The van der Waals surface area contributed by atoms with Crippen molar-refractivity contribution in [1.29, 1.82) is 0 Å². The van der Waals surface area contributed by atoms with Crippen molar-refractivity contribution in [2.24, 2.45) is 0 Å². The second-order valence-corrected chi connectivity index (χ2v) is 4.84. The maximum Gasteiger partial charge on any atom is 0.199 e. The van der Waals surface area contributed by atoms with E-state index >= 15 is 0 Å². The van der Waals surface area contributed by atoms with Gasteiger partial charge in [0.2, 0.25) is 0 Å². The molecule has 0 spiro atoms. The average Bonchev–Trinajstić information content (AvgIpc) is 2.69. The Morgan fingerprint density at radius 1 is 1.39 bits per heavy atom. The first-order valence-electron chi connectivity index (χ1n) is 6.22. The predicted molar refractivity (Wildman–Crippen MR) is 73.8 cm³/mol. The lowest BCUT2D eigenvalue weighted by molar-refractivity contribution is 0.276. The fourth-order valence-corrected chi connectivity index (χ4v) is 2.26. The molecule has 0 radical (unpaired) electrons. The van der Waals surface area contributed by atoms with Gasteiger partial charge in [-0.25, -0.2) is 0 Å². The van der Waals surface area contributed by atoms with Crippen LogP contribution in [0.4, 0.5) is 0 Å². The van der Waals surface area contributed by atoms with Gasteiger partial charge in [0, 0.05) is 30.1 Å². The number of halogens is 1.